The molecule has 5 nitrogen and oxygen atoms in total. The Morgan fingerprint density at radius 1 is 1.32 bits per heavy atom. The highest BCUT2D eigenvalue weighted by atomic mass is 79.9. The van der Waals surface area contributed by atoms with Crippen molar-refractivity contribution in [1.29, 1.82) is 0 Å². The second kappa shape index (κ2) is 5.68. The van der Waals surface area contributed by atoms with Gasteiger partial charge in [0.2, 0.25) is 0 Å². The molecule has 6 heteroatoms. The fourth-order valence-corrected chi connectivity index (χ4v) is 2.78. The SMILES string of the molecule is CC(=O)CNC(=O)C1=C(O)c2ccc(Br)cc2C(C)(C)C1=O. The van der Waals surface area contributed by atoms with Crippen molar-refractivity contribution in [3.05, 3.63) is 39.4 Å². The van der Waals surface area contributed by atoms with Crippen LogP contribution in [-0.4, -0.2) is 29.1 Å². The van der Waals surface area contributed by atoms with Gasteiger partial charge in [0, 0.05) is 10.0 Å². The van der Waals surface area contributed by atoms with E-state index in [1.165, 1.54) is 6.92 Å². The molecule has 116 valence electrons. The van der Waals surface area contributed by atoms with E-state index < -0.39 is 17.1 Å². The van der Waals surface area contributed by atoms with Gasteiger partial charge >= 0.3 is 0 Å². The third-order valence-corrected chi connectivity index (χ3v) is 4.16. The van der Waals surface area contributed by atoms with Crippen LogP contribution >= 0.6 is 15.9 Å². The number of fused-ring (bicyclic) bond motifs is 1. The maximum absolute atomic E-state index is 12.6. The van der Waals surface area contributed by atoms with Gasteiger partial charge in [-0.3, -0.25) is 14.4 Å². The number of Topliss-reactive ketones (excluding diaryl/α,β-unsaturated/α-hetero) is 2. The lowest BCUT2D eigenvalue weighted by molar-refractivity contribution is -0.126. The third kappa shape index (κ3) is 2.70. The monoisotopic (exact) mass is 365 g/mol. The Hall–Kier alpha value is -1.95. The van der Waals surface area contributed by atoms with Crippen molar-refractivity contribution < 1.29 is 19.5 Å². The van der Waals surface area contributed by atoms with Crippen molar-refractivity contribution >= 4 is 39.2 Å². The van der Waals surface area contributed by atoms with Gasteiger partial charge in [-0.2, -0.15) is 0 Å². The highest BCUT2D eigenvalue weighted by Crippen LogP contribution is 2.40. The number of hydrogen-bond donors (Lipinski definition) is 2. The molecule has 1 aliphatic carbocycles. The largest absolute Gasteiger partial charge is 0.506 e. The summed E-state index contributed by atoms with van der Waals surface area (Å²) in [5.41, 5.74) is -0.164. The minimum absolute atomic E-state index is 0.184. The molecule has 0 atom stereocenters. The van der Waals surface area contributed by atoms with Gasteiger partial charge in [0.05, 0.1) is 12.0 Å². The lowest BCUT2D eigenvalue weighted by Gasteiger charge is -2.32. The molecule has 0 saturated carbocycles. The lowest BCUT2D eigenvalue weighted by atomic mass is 9.71. The van der Waals surface area contributed by atoms with Gasteiger partial charge in [0.15, 0.2) is 5.78 Å². The number of ketones is 2. The fourth-order valence-electron chi connectivity index (χ4n) is 2.42. The van der Waals surface area contributed by atoms with Crippen molar-refractivity contribution in [2.75, 3.05) is 6.54 Å². The van der Waals surface area contributed by atoms with E-state index in [1.807, 2.05) is 0 Å². The number of carbonyl (C=O) groups is 3. The van der Waals surface area contributed by atoms with Crippen LogP contribution in [0.3, 0.4) is 0 Å². The molecule has 1 aromatic rings. The van der Waals surface area contributed by atoms with E-state index in [1.54, 1.807) is 32.0 Å². The Morgan fingerprint density at radius 3 is 2.55 bits per heavy atom. The van der Waals surface area contributed by atoms with Crippen LogP contribution in [0.15, 0.2) is 28.2 Å². The molecule has 0 fully saturated rings. The Labute approximate surface area is 136 Å². The summed E-state index contributed by atoms with van der Waals surface area (Å²) >= 11 is 3.34. The first-order valence-electron chi connectivity index (χ1n) is 6.72. The maximum Gasteiger partial charge on any atom is 0.259 e. The number of nitrogens with one attached hydrogen (secondary N) is 1. The first-order chi connectivity index (χ1) is 10.2. The molecule has 0 radical (unpaired) electrons. The summed E-state index contributed by atoms with van der Waals surface area (Å²) < 4.78 is 0.782. The standard InChI is InChI=1S/C16H16BrNO4/c1-8(19)7-18-15(22)12-13(20)10-5-4-9(17)6-11(10)16(2,3)14(12)21/h4-6,20H,7H2,1-3H3,(H,18,22). The molecule has 1 aliphatic rings. The highest BCUT2D eigenvalue weighted by molar-refractivity contribution is 9.10. The van der Waals surface area contributed by atoms with Crippen LogP contribution in [0.2, 0.25) is 0 Å². The van der Waals surface area contributed by atoms with Crippen LogP contribution in [0, 0.1) is 0 Å². The summed E-state index contributed by atoms with van der Waals surface area (Å²) in [4.78, 5) is 35.8. The summed E-state index contributed by atoms with van der Waals surface area (Å²) in [6.07, 6.45) is 0. The number of benzene rings is 1. The van der Waals surface area contributed by atoms with E-state index in [4.69, 9.17) is 0 Å². The van der Waals surface area contributed by atoms with Gasteiger partial charge in [-0.1, -0.05) is 15.9 Å². The Bertz CT molecular complexity index is 719. The molecule has 0 bridgehead atoms. The number of halogens is 1. The predicted octanol–water partition coefficient (Wildman–Crippen LogP) is 2.28. The normalized spacial score (nSPS) is 16.3. The molecule has 2 N–H and O–H groups in total. The minimum atomic E-state index is -0.950. The Kier molecular flexibility index (Phi) is 4.24. The number of amides is 1. The average molecular weight is 366 g/mol. The third-order valence-electron chi connectivity index (χ3n) is 3.67. The molecule has 22 heavy (non-hydrogen) atoms. The van der Waals surface area contributed by atoms with Crippen LogP contribution in [0.5, 0.6) is 0 Å². The van der Waals surface area contributed by atoms with Gasteiger partial charge < -0.3 is 10.4 Å². The van der Waals surface area contributed by atoms with Crippen LogP contribution in [0.25, 0.3) is 5.76 Å². The van der Waals surface area contributed by atoms with Gasteiger partial charge in [0.25, 0.3) is 5.91 Å². The first-order valence-corrected chi connectivity index (χ1v) is 7.51. The van der Waals surface area contributed by atoms with Crippen molar-refractivity contribution in [3.63, 3.8) is 0 Å². The number of aliphatic hydroxyl groups is 1. The smallest absolute Gasteiger partial charge is 0.259 e. The summed E-state index contributed by atoms with van der Waals surface area (Å²) in [6, 6.07) is 5.14. The fraction of sp³-hybridized carbons (Fsp3) is 0.312. The van der Waals surface area contributed by atoms with E-state index >= 15 is 0 Å². The molecule has 1 aromatic carbocycles. The molecule has 0 spiro atoms. The van der Waals surface area contributed by atoms with Gasteiger partial charge in [0.1, 0.15) is 17.1 Å². The number of aliphatic hydroxyl groups excluding tert-OH is 1. The highest BCUT2D eigenvalue weighted by Gasteiger charge is 2.43. The zero-order valence-corrected chi connectivity index (χ0v) is 14.1. The average Bonchev–Trinajstić information content (AvgIpc) is 2.43. The molecule has 0 aromatic heterocycles. The molecule has 1 amide bonds. The quantitative estimate of drug-likeness (QED) is 0.804. The van der Waals surface area contributed by atoms with Gasteiger partial charge in [-0.25, -0.2) is 0 Å². The van der Waals surface area contributed by atoms with E-state index in [0.29, 0.717) is 11.1 Å². The topological polar surface area (TPSA) is 83.5 Å². The summed E-state index contributed by atoms with van der Waals surface area (Å²) in [7, 11) is 0. The molecule has 0 saturated heterocycles. The summed E-state index contributed by atoms with van der Waals surface area (Å²) in [6.45, 7) is 4.54. The number of rotatable bonds is 3. The van der Waals surface area contributed by atoms with Crippen molar-refractivity contribution in [2.24, 2.45) is 0 Å². The molecule has 0 unspecified atom stereocenters. The van der Waals surface area contributed by atoms with E-state index in [-0.39, 0.29) is 23.7 Å². The predicted molar refractivity (Wildman–Crippen MR) is 85.4 cm³/mol. The van der Waals surface area contributed by atoms with E-state index in [2.05, 4.69) is 21.2 Å². The summed E-state index contributed by atoms with van der Waals surface area (Å²) in [5, 5.41) is 12.7. The lowest BCUT2D eigenvalue weighted by Crippen LogP contribution is -2.42. The molecular weight excluding hydrogens is 350 g/mol. The number of carbonyl (C=O) groups excluding carboxylic acids is 3. The number of hydrogen-bond acceptors (Lipinski definition) is 4. The first kappa shape index (κ1) is 16.4. The molecular formula is C16H16BrNO4. The van der Waals surface area contributed by atoms with Crippen LogP contribution in [0.1, 0.15) is 31.9 Å². The second-order valence-electron chi connectivity index (χ2n) is 5.75. The Balaban J connectivity index is 2.56. The zero-order valence-electron chi connectivity index (χ0n) is 12.5. The van der Waals surface area contributed by atoms with Crippen LogP contribution < -0.4 is 5.32 Å². The Morgan fingerprint density at radius 2 is 1.95 bits per heavy atom. The molecule has 0 aliphatic heterocycles. The van der Waals surface area contributed by atoms with E-state index in [0.717, 1.165) is 4.47 Å². The zero-order chi connectivity index (χ0) is 16.7. The molecule has 2 rings (SSSR count). The van der Waals surface area contributed by atoms with E-state index in [9.17, 15) is 19.5 Å². The van der Waals surface area contributed by atoms with Crippen molar-refractivity contribution in [2.45, 2.75) is 26.2 Å². The van der Waals surface area contributed by atoms with Crippen LogP contribution in [0.4, 0.5) is 0 Å². The van der Waals surface area contributed by atoms with Gasteiger partial charge in [-0.15, -0.1) is 0 Å². The molecule has 0 heterocycles. The van der Waals surface area contributed by atoms with Crippen molar-refractivity contribution in [3.8, 4) is 0 Å². The van der Waals surface area contributed by atoms with Crippen molar-refractivity contribution in [1.82, 2.24) is 5.32 Å². The second-order valence-corrected chi connectivity index (χ2v) is 6.67. The van der Waals surface area contributed by atoms with Gasteiger partial charge in [-0.05, 0) is 44.5 Å². The van der Waals surface area contributed by atoms with Crippen LogP contribution in [-0.2, 0) is 19.8 Å². The minimum Gasteiger partial charge on any atom is -0.506 e. The maximum atomic E-state index is 12.6. The summed E-state index contributed by atoms with van der Waals surface area (Å²) in [5.74, 6) is -1.80.